The highest BCUT2D eigenvalue weighted by Gasteiger charge is 2.49. The SMILES string of the molecule is CCC1(CC)C(=O)NC(CC(C)C)C(=O)N1CCOC. The Hall–Kier alpha value is -1.10. The number of hydrogen-bond donors (Lipinski definition) is 1. The monoisotopic (exact) mass is 284 g/mol. The quantitative estimate of drug-likeness (QED) is 0.772. The van der Waals surface area contributed by atoms with Gasteiger partial charge in [-0.3, -0.25) is 9.59 Å². The van der Waals surface area contributed by atoms with E-state index in [4.69, 9.17) is 4.74 Å². The number of ether oxygens (including phenoxy) is 1. The second kappa shape index (κ2) is 7.07. The first-order valence-electron chi connectivity index (χ1n) is 7.54. The molecule has 0 saturated carbocycles. The fourth-order valence-corrected chi connectivity index (χ4v) is 2.97. The van der Waals surface area contributed by atoms with E-state index in [9.17, 15) is 9.59 Å². The van der Waals surface area contributed by atoms with Crippen molar-refractivity contribution in [2.45, 2.75) is 58.5 Å². The van der Waals surface area contributed by atoms with Crippen molar-refractivity contribution < 1.29 is 14.3 Å². The predicted octanol–water partition coefficient (Wildman–Crippen LogP) is 1.56. The fourth-order valence-electron chi connectivity index (χ4n) is 2.97. The molecule has 0 aromatic heterocycles. The molecule has 1 aliphatic rings. The number of nitrogens with zero attached hydrogens (tertiary/aromatic N) is 1. The van der Waals surface area contributed by atoms with E-state index in [0.717, 1.165) is 0 Å². The molecular weight excluding hydrogens is 256 g/mol. The molecule has 2 amide bonds. The van der Waals surface area contributed by atoms with Crippen LogP contribution in [-0.2, 0) is 14.3 Å². The molecule has 20 heavy (non-hydrogen) atoms. The molecular formula is C15H28N2O3. The molecule has 0 spiro atoms. The molecule has 5 nitrogen and oxygen atoms in total. The lowest BCUT2D eigenvalue weighted by molar-refractivity contribution is -0.159. The average Bonchev–Trinajstić information content (AvgIpc) is 2.40. The van der Waals surface area contributed by atoms with Crippen molar-refractivity contribution in [1.29, 1.82) is 0 Å². The van der Waals surface area contributed by atoms with Gasteiger partial charge >= 0.3 is 0 Å². The zero-order valence-electron chi connectivity index (χ0n) is 13.4. The van der Waals surface area contributed by atoms with Gasteiger partial charge in [0.15, 0.2) is 0 Å². The summed E-state index contributed by atoms with van der Waals surface area (Å²) < 4.78 is 5.10. The van der Waals surface area contributed by atoms with Crippen LogP contribution in [0.25, 0.3) is 0 Å². The molecule has 1 rings (SSSR count). The molecule has 1 fully saturated rings. The van der Waals surface area contributed by atoms with Crippen molar-refractivity contribution in [2.75, 3.05) is 20.3 Å². The number of rotatable bonds is 7. The lowest BCUT2D eigenvalue weighted by Gasteiger charge is -2.47. The topological polar surface area (TPSA) is 58.6 Å². The Balaban J connectivity index is 3.04. The molecule has 1 saturated heterocycles. The molecule has 0 aromatic carbocycles. The van der Waals surface area contributed by atoms with E-state index in [0.29, 0.717) is 38.3 Å². The molecule has 0 aliphatic carbocycles. The van der Waals surface area contributed by atoms with Gasteiger partial charge in [0.25, 0.3) is 0 Å². The number of methoxy groups -OCH3 is 1. The van der Waals surface area contributed by atoms with Crippen LogP contribution in [0.4, 0.5) is 0 Å². The van der Waals surface area contributed by atoms with Crippen LogP contribution in [0.2, 0.25) is 0 Å². The first kappa shape index (κ1) is 17.0. The summed E-state index contributed by atoms with van der Waals surface area (Å²) in [6, 6.07) is -0.398. The van der Waals surface area contributed by atoms with Gasteiger partial charge in [0, 0.05) is 13.7 Å². The van der Waals surface area contributed by atoms with E-state index in [1.165, 1.54) is 0 Å². The maximum absolute atomic E-state index is 12.7. The van der Waals surface area contributed by atoms with Gasteiger partial charge in [-0.2, -0.15) is 0 Å². The number of nitrogens with one attached hydrogen (secondary N) is 1. The van der Waals surface area contributed by atoms with Crippen molar-refractivity contribution in [2.24, 2.45) is 5.92 Å². The van der Waals surface area contributed by atoms with Crippen LogP contribution in [-0.4, -0.2) is 48.6 Å². The van der Waals surface area contributed by atoms with Gasteiger partial charge in [-0.15, -0.1) is 0 Å². The first-order chi connectivity index (χ1) is 9.42. The van der Waals surface area contributed by atoms with Gasteiger partial charge in [-0.05, 0) is 25.2 Å². The summed E-state index contributed by atoms with van der Waals surface area (Å²) in [4.78, 5) is 27.0. The normalized spacial score (nSPS) is 22.3. The maximum Gasteiger partial charge on any atom is 0.246 e. The summed E-state index contributed by atoms with van der Waals surface area (Å²) in [5.74, 6) is 0.368. The second-order valence-electron chi connectivity index (χ2n) is 5.88. The van der Waals surface area contributed by atoms with Crippen molar-refractivity contribution >= 4 is 11.8 Å². The highest BCUT2D eigenvalue weighted by molar-refractivity contribution is 5.99. The Morgan fingerprint density at radius 2 is 1.90 bits per heavy atom. The summed E-state index contributed by atoms with van der Waals surface area (Å²) in [5.41, 5.74) is -0.719. The Bertz CT molecular complexity index is 351. The fraction of sp³-hybridized carbons (Fsp3) is 0.867. The van der Waals surface area contributed by atoms with Crippen LogP contribution in [0.1, 0.15) is 47.0 Å². The van der Waals surface area contributed by atoms with Crippen molar-refractivity contribution in [3.8, 4) is 0 Å². The predicted molar refractivity (Wildman–Crippen MR) is 78.3 cm³/mol. The molecule has 1 atom stereocenters. The third-order valence-corrected chi connectivity index (χ3v) is 4.20. The van der Waals surface area contributed by atoms with Crippen LogP contribution in [0, 0.1) is 5.92 Å². The molecule has 1 unspecified atom stereocenters. The Morgan fingerprint density at radius 1 is 1.30 bits per heavy atom. The Kier molecular flexibility index (Phi) is 5.99. The van der Waals surface area contributed by atoms with E-state index in [1.807, 2.05) is 13.8 Å². The molecule has 1 N–H and O–H groups in total. The summed E-state index contributed by atoms with van der Waals surface area (Å²) in [7, 11) is 1.61. The van der Waals surface area contributed by atoms with Gasteiger partial charge in [-0.1, -0.05) is 27.7 Å². The van der Waals surface area contributed by atoms with Gasteiger partial charge in [0.2, 0.25) is 11.8 Å². The lowest BCUT2D eigenvalue weighted by atomic mass is 9.84. The summed E-state index contributed by atoms with van der Waals surface area (Å²) in [5, 5.41) is 2.93. The largest absolute Gasteiger partial charge is 0.383 e. The Morgan fingerprint density at radius 3 is 2.35 bits per heavy atom. The van der Waals surface area contributed by atoms with Crippen molar-refractivity contribution in [3.63, 3.8) is 0 Å². The summed E-state index contributed by atoms with van der Waals surface area (Å²) >= 11 is 0. The lowest BCUT2D eigenvalue weighted by Crippen LogP contribution is -2.70. The Labute approximate surface area is 122 Å². The minimum Gasteiger partial charge on any atom is -0.383 e. The molecule has 0 bridgehead atoms. The smallest absolute Gasteiger partial charge is 0.246 e. The van der Waals surface area contributed by atoms with Crippen molar-refractivity contribution in [3.05, 3.63) is 0 Å². The number of carbonyl (C=O) groups excluding carboxylic acids is 2. The van der Waals surface area contributed by atoms with Crippen LogP contribution in [0.3, 0.4) is 0 Å². The van der Waals surface area contributed by atoms with Gasteiger partial charge in [0.05, 0.1) is 6.61 Å². The zero-order valence-corrected chi connectivity index (χ0v) is 13.4. The summed E-state index contributed by atoms with van der Waals surface area (Å²) in [6.45, 7) is 8.95. The van der Waals surface area contributed by atoms with Gasteiger partial charge in [0.1, 0.15) is 11.6 Å². The molecule has 0 aromatic rings. The first-order valence-corrected chi connectivity index (χ1v) is 7.54. The highest BCUT2D eigenvalue weighted by Crippen LogP contribution is 2.30. The third kappa shape index (κ3) is 3.14. The third-order valence-electron chi connectivity index (χ3n) is 4.20. The standard InChI is InChI=1S/C15H28N2O3/c1-6-15(7-2)14(19)16-12(10-11(3)4)13(18)17(15)8-9-20-5/h11-12H,6-10H2,1-5H3,(H,16,19). The van der Waals surface area contributed by atoms with Gasteiger partial charge < -0.3 is 15.0 Å². The van der Waals surface area contributed by atoms with Crippen LogP contribution >= 0.6 is 0 Å². The molecule has 1 aliphatic heterocycles. The van der Waals surface area contributed by atoms with E-state index in [1.54, 1.807) is 12.0 Å². The highest BCUT2D eigenvalue weighted by atomic mass is 16.5. The minimum absolute atomic E-state index is 0.0242. The van der Waals surface area contributed by atoms with E-state index < -0.39 is 11.6 Å². The summed E-state index contributed by atoms with van der Waals surface area (Å²) in [6.07, 6.45) is 1.93. The molecule has 116 valence electrons. The molecule has 1 heterocycles. The van der Waals surface area contributed by atoms with Crippen molar-refractivity contribution in [1.82, 2.24) is 10.2 Å². The van der Waals surface area contributed by atoms with Gasteiger partial charge in [-0.25, -0.2) is 0 Å². The number of piperazine rings is 1. The van der Waals surface area contributed by atoms with Crippen LogP contribution in [0.15, 0.2) is 0 Å². The zero-order chi connectivity index (χ0) is 15.3. The van der Waals surface area contributed by atoms with Crippen LogP contribution in [0.5, 0.6) is 0 Å². The number of hydrogen-bond acceptors (Lipinski definition) is 3. The van der Waals surface area contributed by atoms with E-state index in [2.05, 4.69) is 19.2 Å². The molecule has 5 heteroatoms. The molecule has 0 radical (unpaired) electrons. The minimum atomic E-state index is -0.719. The van der Waals surface area contributed by atoms with E-state index in [-0.39, 0.29) is 11.8 Å². The number of carbonyl (C=O) groups is 2. The average molecular weight is 284 g/mol. The van der Waals surface area contributed by atoms with E-state index >= 15 is 0 Å². The second-order valence-corrected chi connectivity index (χ2v) is 5.88. The number of amides is 2. The maximum atomic E-state index is 12.7. The van der Waals surface area contributed by atoms with Crippen LogP contribution < -0.4 is 5.32 Å².